The van der Waals surface area contributed by atoms with Crippen LogP contribution in [0.25, 0.3) is 21.9 Å². The Bertz CT molecular complexity index is 4410. The number of hydrogen-bond donors (Lipinski definition) is 8. The van der Waals surface area contributed by atoms with Crippen LogP contribution in [0.3, 0.4) is 0 Å². The smallest absolute Gasteiger partial charge is 0.296 e. The fraction of sp³-hybridized carbons (Fsp3) is 0.0698. The summed E-state index contributed by atoms with van der Waals surface area (Å²) in [5.74, 6) is -0.952. The molecule has 0 saturated carbocycles. The van der Waals surface area contributed by atoms with Crippen LogP contribution in [-0.2, 0) is 55.4 Å². The van der Waals surface area contributed by atoms with Gasteiger partial charge in [-0.15, -0.1) is 20.5 Å². The van der Waals surface area contributed by atoms with Crippen LogP contribution < -0.4 is 16.0 Å². The van der Waals surface area contributed by atoms with E-state index in [1.54, 1.807) is 6.92 Å². The number of nitriles is 2. The predicted octanol–water partition coefficient (Wildman–Crippen LogP) is 10.2. The van der Waals surface area contributed by atoms with Gasteiger partial charge in [-0.25, -0.2) is 4.98 Å². The van der Waals surface area contributed by atoms with Gasteiger partial charge in [-0.05, 0) is 85.3 Å². The molecule has 2 aromatic heterocycles. The van der Waals surface area contributed by atoms with Crippen molar-refractivity contribution in [2.75, 3.05) is 16.0 Å². The minimum atomic E-state index is -5.42. The van der Waals surface area contributed by atoms with E-state index in [9.17, 15) is 80.2 Å². The van der Waals surface area contributed by atoms with E-state index in [4.69, 9.17) is 23.2 Å². The number of pyridine rings is 1. The summed E-state index contributed by atoms with van der Waals surface area (Å²) in [7, 11) is -25.9. The molecule has 0 aliphatic rings. The number of azo groups is 2. The number of hydrogen-bond acceptors (Lipinski definition) is 21. The summed E-state index contributed by atoms with van der Waals surface area (Å²) in [6.07, 6.45) is 0.123. The fourth-order valence-corrected chi connectivity index (χ4v) is 12.0. The Kier molecular flexibility index (Phi) is 16.0. The second-order valence-electron chi connectivity index (χ2n) is 15.6. The largest absolute Gasteiger partial charge is 0.339 e. The monoisotopic (exact) mass is 1200 g/mol. The lowest BCUT2D eigenvalue weighted by molar-refractivity contribution is -0.115. The summed E-state index contributed by atoms with van der Waals surface area (Å²) in [5.41, 5.74) is -1.06. The molecule has 0 unspecified atom stereocenters. The lowest BCUT2D eigenvalue weighted by Gasteiger charge is -2.16. The average Bonchev–Trinajstić information content (AvgIpc) is 3.72. The van der Waals surface area contributed by atoms with Gasteiger partial charge in [-0.2, -0.15) is 52.6 Å². The SMILES string of the molecule is CCC(=O)Nc1ccc(-c2c(N=Nc3cc(S(=O)(=O)O)c4cc(S(=O)(=O)O)cc(S(=O)(=O)O)c4c3)sc(N=Nc3c(Nc4ccc(Cl)c(S(=O)(=O)O)c4)nc(Nc4ccc(Cl)c(S(=O)(=O)O)c4)c(C#N)c3C)c2C#N)cc1. The van der Waals surface area contributed by atoms with Crippen molar-refractivity contribution < 1.29 is 69.6 Å². The highest BCUT2D eigenvalue weighted by Crippen LogP contribution is 2.49. The number of fused-ring (bicyclic) bond motifs is 1. The van der Waals surface area contributed by atoms with Crippen LogP contribution in [0.5, 0.6) is 0 Å². The summed E-state index contributed by atoms with van der Waals surface area (Å²) in [4.78, 5) is 11.6. The zero-order valence-electron chi connectivity index (χ0n) is 38.4. The molecule has 7 rings (SSSR count). The number of carbonyl (C=O) groups excluding carboxylic acids is 1. The highest BCUT2D eigenvalue weighted by molar-refractivity contribution is 7.87. The summed E-state index contributed by atoms with van der Waals surface area (Å²) >= 11 is 12.7. The molecule has 0 bridgehead atoms. The van der Waals surface area contributed by atoms with Crippen LogP contribution in [0, 0.1) is 29.6 Å². The molecule has 8 N–H and O–H groups in total. The number of thiophene rings is 1. The minimum Gasteiger partial charge on any atom is -0.339 e. The Morgan fingerprint density at radius 1 is 0.597 bits per heavy atom. The maximum atomic E-state index is 12.7. The number of nitrogens with zero attached hydrogens (tertiary/aromatic N) is 7. The Balaban J connectivity index is 1.45. The summed E-state index contributed by atoms with van der Waals surface area (Å²) in [6, 6.07) is 18.7. The number of nitrogens with one attached hydrogen (secondary N) is 3. The van der Waals surface area contributed by atoms with E-state index in [1.165, 1.54) is 43.3 Å². The van der Waals surface area contributed by atoms with E-state index in [-0.39, 0.29) is 88.9 Å². The van der Waals surface area contributed by atoms with Gasteiger partial charge in [-0.3, -0.25) is 27.6 Å². The van der Waals surface area contributed by atoms with Crippen molar-refractivity contribution in [2.45, 2.75) is 44.7 Å². The molecular weight excluding hydrogens is 1180 g/mol. The molecule has 0 spiro atoms. The van der Waals surface area contributed by atoms with Gasteiger partial charge in [0.2, 0.25) is 5.91 Å². The molecule has 77 heavy (non-hydrogen) atoms. The van der Waals surface area contributed by atoms with E-state index in [0.29, 0.717) is 35.2 Å². The minimum absolute atomic E-state index is 0.0250. The van der Waals surface area contributed by atoms with E-state index in [1.807, 2.05) is 12.1 Å². The standard InChI is InChI=1S/C43H30Cl2N10O16S6/c1-3-37(56)48-22-6-4-21(5-7-22)38-30(19-47)42(72-43(38)55-52-25-12-27-28(33(15-25)74(60,61)62)16-26(73(57,58)59)17-34(27)75(63,64)65)54-53-39-20(2)29(18-46)40(49-23-8-10-31(44)35(13-23)76(66,67)68)51-41(39)50-24-9-11-32(45)36(14-24)77(69,70)71/h4-17H,3H2,1-2H3,(H,48,56)(H2,49,50,51)(H,57,58,59)(H,60,61,62)(H,63,64,65)(H,66,67,68)(H,69,70,71). The average molecular weight is 1210 g/mol. The van der Waals surface area contributed by atoms with Crippen molar-refractivity contribution >= 4 is 152 Å². The zero-order valence-corrected chi connectivity index (χ0v) is 44.8. The normalized spacial score (nSPS) is 12.5. The number of halogens is 2. The summed E-state index contributed by atoms with van der Waals surface area (Å²) < 4.78 is 173. The Morgan fingerprint density at radius 3 is 1.60 bits per heavy atom. The molecule has 0 atom stereocenters. The Labute approximate surface area is 450 Å². The van der Waals surface area contributed by atoms with Gasteiger partial charge < -0.3 is 16.0 Å². The third-order valence-corrected chi connectivity index (χ3v) is 16.8. The molecule has 398 valence electrons. The molecule has 34 heteroatoms. The van der Waals surface area contributed by atoms with Crippen molar-refractivity contribution in [3.63, 3.8) is 0 Å². The Morgan fingerprint density at radius 2 is 1.09 bits per heavy atom. The van der Waals surface area contributed by atoms with Crippen molar-refractivity contribution in [1.29, 1.82) is 10.5 Å². The third kappa shape index (κ3) is 12.7. The maximum Gasteiger partial charge on any atom is 0.296 e. The lowest BCUT2D eigenvalue weighted by atomic mass is 10.0. The van der Waals surface area contributed by atoms with Crippen LogP contribution in [0.2, 0.25) is 10.0 Å². The summed E-state index contributed by atoms with van der Waals surface area (Å²) in [5, 5.41) is 43.6. The number of carbonyl (C=O) groups is 1. The van der Waals surface area contributed by atoms with E-state index in [2.05, 4.69) is 41.4 Å². The van der Waals surface area contributed by atoms with Gasteiger partial charge in [0, 0.05) is 45.4 Å². The molecule has 0 saturated heterocycles. The molecule has 0 aliphatic carbocycles. The first-order chi connectivity index (χ1) is 35.8. The number of rotatable bonds is 16. The molecule has 2 heterocycles. The lowest BCUT2D eigenvalue weighted by Crippen LogP contribution is -2.08. The van der Waals surface area contributed by atoms with Gasteiger partial charge in [0.15, 0.2) is 16.6 Å². The quantitative estimate of drug-likeness (QED) is 0.0329. The molecule has 7 aromatic rings. The first kappa shape index (κ1) is 57.3. The highest BCUT2D eigenvalue weighted by atomic mass is 35.5. The number of aromatic nitrogens is 1. The zero-order chi connectivity index (χ0) is 56.7. The topological polar surface area (TPSA) is 435 Å². The van der Waals surface area contributed by atoms with Gasteiger partial charge in [0.05, 0.1) is 26.2 Å². The third-order valence-electron chi connectivity index (χ3n) is 10.5. The molecule has 0 fully saturated rings. The predicted molar refractivity (Wildman–Crippen MR) is 278 cm³/mol. The second kappa shape index (κ2) is 21.5. The van der Waals surface area contributed by atoms with Gasteiger partial charge in [0.1, 0.15) is 48.0 Å². The van der Waals surface area contributed by atoms with Crippen LogP contribution in [-0.4, -0.2) is 75.7 Å². The maximum absolute atomic E-state index is 12.7. The van der Waals surface area contributed by atoms with Crippen molar-refractivity contribution in [1.82, 2.24) is 4.98 Å². The molecule has 1 amide bonds. The second-order valence-corrected chi connectivity index (χ2v) is 24.4. The fourth-order valence-electron chi connectivity index (χ4n) is 7.04. The number of amides is 1. The van der Waals surface area contributed by atoms with Crippen molar-refractivity contribution in [3.8, 4) is 23.3 Å². The highest BCUT2D eigenvalue weighted by Gasteiger charge is 2.28. The number of benzene rings is 5. The van der Waals surface area contributed by atoms with Crippen LogP contribution >= 0.6 is 34.5 Å². The first-order valence-corrected chi connectivity index (χ1v) is 29.5. The van der Waals surface area contributed by atoms with Crippen LogP contribution in [0.4, 0.5) is 50.1 Å². The molecule has 26 nitrogen and oxygen atoms in total. The van der Waals surface area contributed by atoms with Crippen molar-refractivity contribution in [3.05, 3.63) is 112 Å². The molecule has 5 aromatic carbocycles. The molecule has 0 aliphatic heterocycles. The first-order valence-electron chi connectivity index (χ1n) is 20.7. The summed E-state index contributed by atoms with van der Waals surface area (Å²) in [6.45, 7) is 2.98. The van der Waals surface area contributed by atoms with E-state index < -0.39 is 91.5 Å². The van der Waals surface area contributed by atoms with Gasteiger partial charge in [-0.1, -0.05) is 53.6 Å². The van der Waals surface area contributed by atoms with E-state index in [0.717, 1.165) is 30.3 Å². The van der Waals surface area contributed by atoms with Crippen molar-refractivity contribution in [2.24, 2.45) is 20.5 Å². The number of anilines is 5. The van der Waals surface area contributed by atoms with E-state index >= 15 is 0 Å². The molecular formula is C43H30Cl2N10O16S6. The van der Waals surface area contributed by atoms with Gasteiger partial charge >= 0.3 is 0 Å². The van der Waals surface area contributed by atoms with Crippen LogP contribution in [0.1, 0.15) is 30.0 Å². The molecule has 0 radical (unpaired) electrons. The Hall–Kier alpha value is -7.41. The van der Waals surface area contributed by atoms with Gasteiger partial charge in [0.25, 0.3) is 50.6 Å². The van der Waals surface area contributed by atoms with Crippen LogP contribution in [0.15, 0.2) is 130 Å².